The van der Waals surface area contributed by atoms with E-state index in [1.54, 1.807) is 0 Å². The van der Waals surface area contributed by atoms with Crippen LogP contribution < -0.4 is 0 Å². The molecule has 0 rings (SSSR count). The second kappa shape index (κ2) is 18.7. The number of hydrogen-bond donors (Lipinski definition) is 0. The van der Waals surface area contributed by atoms with Crippen LogP contribution in [0.5, 0.6) is 0 Å². The summed E-state index contributed by atoms with van der Waals surface area (Å²) in [6, 6.07) is 0. The van der Waals surface area contributed by atoms with E-state index < -0.39 is 0 Å². The molecule has 0 saturated heterocycles. The molecule has 0 radical (unpaired) electrons. The minimum atomic E-state index is 0.958. The fourth-order valence-electron chi connectivity index (χ4n) is 1.62. The monoisotopic (exact) mass is 250 g/mol. The highest BCUT2D eigenvalue weighted by molar-refractivity contribution is 4.92. The van der Waals surface area contributed by atoms with Gasteiger partial charge in [-0.25, -0.2) is 0 Å². The molecule has 0 aliphatic rings. The molecule has 0 spiro atoms. The molecule has 106 valence electrons. The van der Waals surface area contributed by atoms with E-state index in [9.17, 15) is 0 Å². The number of unbranched alkanes of at least 4 members (excludes halogenated alkanes) is 8. The maximum Gasteiger partial charge on any atom is 0.00860 e. The molecule has 0 nitrogen and oxygen atoms in total. The normalized spacial score (nSPS) is 9.06. The summed E-state index contributed by atoms with van der Waals surface area (Å²) in [6.45, 7) is 8.79. The van der Waals surface area contributed by atoms with Crippen molar-refractivity contribution in [1.29, 1.82) is 0 Å². The van der Waals surface area contributed by atoms with Crippen LogP contribution >= 0.6 is 0 Å². The van der Waals surface area contributed by atoms with Crippen molar-refractivity contribution < 1.29 is 0 Å². The Balaban J connectivity index is 0. The molecular formula is C18H34. The largest absolute Gasteiger partial charge is 0.120 e. The van der Waals surface area contributed by atoms with E-state index in [-0.39, 0.29) is 0 Å². The quantitative estimate of drug-likeness (QED) is 0.248. The Hall–Kier alpha value is -0.700. The number of terminal acetylenes is 1. The summed E-state index contributed by atoms with van der Waals surface area (Å²) >= 11 is 0. The predicted molar refractivity (Wildman–Crippen MR) is 85.8 cm³/mol. The van der Waals surface area contributed by atoms with E-state index in [2.05, 4.69) is 39.7 Å². The van der Waals surface area contributed by atoms with Gasteiger partial charge in [0.05, 0.1) is 0 Å². The predicted octanol–water partition coefficient (Wildman–Crippen LogP) is 6.51. The van der Waals surface area contributed by atoms with Gasteiger partial charge in [0.1, 0.15) is 0 Å². The Labute approximate surface area is 116 Å². The first-order valence-electron chi connectivity index (χ1n) is 7.75. The Morgan fingerprint density at radius 2 is 1.44 bits per heavy atom. The van der Waals surface area contributed by atoms with Gasteiger partial charge in [0.2, 0.25) is 0 Å². The fourth-order valence-corrected chi connectivity index (χ4v) is 1.62. The standard InChI is InChI=1S/C10H20.C8H14/c1-4-5-6-7-8-9-10(2)3;1-3-5-7-8-6-4-2/h9H,4-8H2,1-3H3;1H,4-8H2,2H3. The van der Waals surface area contributed by atoms with E-state index in [1.165, 1.54) is 63.4 Å². The van der Waals surface area contributed by atoms with Crippen molar-refractivity contribution in [2.24, 2.45) is 0 Å². The molecule has 0 heteroatoms. The van der Waals surface area contributed by atoms with Gasteiger partial charge in [-0.3, -0.25) is 0 Å². The zero-order valence-corrected chi connectivity index (χ0v) is 13.2. The fraction of sp³-hybridized carbons (Fsp3) is 0.778. The lowest BCUT2D eigenvalue weighted by molar-refractivity contribution is 0.673. The summed E-state index contributed by atoms with van der Waals surface area (Å²) in [7, 11) is 0. The van der Waals surface area contributed by atoms with Crippen LogP contribution in [0.25, 0.3) is 0 Å². The van der Waals surface area contributed by atoms with Crippen LogP contribution in [0.15, 0.2) is 11.6 Å². The second-order valence-corrected chi connectivity index (χ2v) is 5.15. The summed E-state index contributed by atoms with van der Waals surface area (Å²) in [6.07, 6.45) is 20.3. The van der Waals surface area contributed by atoms with Gasteiger partial charge in [0.15, 0.2) is 0 Å². The molecule has 0 N–H and O–H groups in total. The maximum atomic E-state index is 5.06. The molecule has 0 atom stereocenters. The van der Waals surface area contributed by atoms with Crippen LogP contribution in [-0.4, -0.2) is 0 Å². The van der Waals surface area contributed by atoms with E-state index in [0.29, 0.717) is 0 Å². The van der Waals surface area contributed by atoms with Crippen molar-refractivity contribution >= 4 is 0 Å². The zero-order chi connectivity index (χ0) is 14.1. The Kier molecular flexibility index (Phi) is 20.4. The van der Waals surface area contributed by atoms with Gasteiger partial charge in [-0.05, 0) is 33.1 Å². The van der Waals surface area contributed by atoms with Gasteiger partial charge < -0.3 is 0 Å². The van der Waals surface area contributed by atoms with Crippen molar-refractivity contribution in [1.82, 2.24) is 0 Å². The first-order chi connectivity index (χ1) is 8.68. The van der Waals surface area contributed by atoms with Gasteiger partial charge >= 0.3 is 0 Å². The molecule has 0 amide bonds. The first kappa shape index (κ1) is 19.6. The molecule has 18 heavy (non-hydrogen) atoms. The molecule has 0 heterocycles. The van der Waals surface area contributed by atoms with Crippen LogP contribution in [0.1, 0.15) is 91.9 Å². The summed E-state index contributed by atoms with van der Waals surface area (Å²) < 4.78 is 0. The van der Waals surface area contributed by atoms with Crippen LogP contribution in [0.3, 0.4) is 0 Å². The number of allylic oxidation sites excluding steroid dienone is 2. The topological polar surface area (TPSA) is 0 Å². The molecule has 0 aromatic carbocycles. The minimum Gasteiger partial charge on any atom is -0.120 e. The zero-order valence-electron chi connectivity index (χ0n) is 13.2. The summed E-state index contributed by atoms with van der Waals surface area (Å²) in [5, 5.41) is 0. The van der Waals surface area contributed by atoms with Crippen molar-refractivity contribution in [2.75, 3.05) is 0 Å². The molecule has 0 aliphatic carbocycles. The van der Waals surface area contributed by atoms with Crippen LogP contribution in [-0.2, 0) is 0 Å². The van der Waals surface area contributed by atoms with Crippen molar-refractivity contribution in [3.05, 3.63) is 11.6 Å². The van der Waals surface area contributed by atoms with E-state index in [1.807, 2.05) is 0 Å². The van der Waals surface area contributed by atoms with Crippen LogP contribution in [0.2, 0.25) is 0 Å². The van der Waals surface area contributed by atoms with Gasteiger partial charge in [0.25, 0.3) is 0 Å². The molecule has 0 aliphatic heterocycles. The molecular weight excluding hydrogens is 216 g/mol. The number of rotatable bonds is 9. The smallest absolute Gasteiger partial charge is 0.00860 e. The summed E-state index contributed by atoms with van der Waals surface area (Å²) in [4.78, 5) is 0. The van der Waals surface area contributed by atoms with Crippen LogP contribution in [0.4, 0.5) is 0 Å². The van der Waals surface area contributed by atoms with E-state index in [4.69, 9.17) is 6.42 Å². The van der Waals surface area contributed by atoms with Gasteiger partial charge in [0, 0.05) is 6.42 Å². The van der Waals surface area contributed by atoms with Gasteiger partial charge in [-0.1, -0.05) is 64.0 Å². The SMILES string of the molecule is C#CCCCCCC.CCCCCCC=C(C)C. The lowest BCUT2D eigenvalue weighted by atomic mass is 10.1. The van der Waals surface area contributed by atoms with Gasteiger partial charge in [-0.2, -0.15) is 0 Å². The van der Waals surface area contributed by atoms with Crippen molar-refractivity contribution in [3.8, 4) is 12.3 Å². The average Bonchev–Trinajstić information content (AvgIpc) is 2.35. The Morgan fingerprint density at radius 1 is 0.889 bits per heavy atom. The van der Waals surface area contributed by atoms with Crippen LogP contribution in [0, 0.1) is 12.3 Å². The number of hydrogen-bond acceptors (Lipinski definition) is 0. The lowest BCUT2D eigenvalue weighted by Crippen LogP contribution is -1.74. The van der Waals surface area contributed by atoms with E-state index in [0.717, 1.165) is 6.42 Å². The third-order valence-electron chi connectivity index (χ3n) is 2.78. The molecule has 0 unspecified atom stereocenters. The Bertz CT molecular complexity index is 201. The third kappa shape index (κ3) is 24.5. The van der Waals surface area contributed by atoms with Crippen molar-refractivity contribution in [2.45, 2.75) is 91.9 Å². The highest BCUT2D eigenvalue weighted by Gasteiger charge is 1.84. The maximum absolute atomic E-state index is 5.06. The molecule has 0 saturated carbocycles. The lowest BCUT2D eigenvalue weighted by Gasteiger charge is -1.94. The minimum absolute atomic E-state index is 0.958. The highest BCUT2D eigenvalue weighted by Crippen LogP contribution is 2.04. The third-order valence-corrected chi connectivity index (χ3v) is 2.78. The molecule has 0 fully saturated rings. The highest BCUT2D eigenvalue weighted by atomic mass is 13.9. The molecule has 0 aromatic heterocycles. The summed E-state index contributed by atoms with van der Waals surface area (Å²) in [5.41, 5.74) is 1.46. The first-order valence-corrected chi connectivity index (χ1v) is 7.75. The average molecular weight is 250 g/mol. The molecule has 0 aromatic rings. The van der Waals surface area contributed by atoms with Gasteiger partial charge in [-0.15, -0.1) is 12.3 Å². The van der Waals surface area contributed by atoms with E-state index >= 15 is 0 Å². The molecule has 0 bridgehead atoms. The van der Waals surface area contributed by atoms with Crippen molar-refractivity contribution in [3.63, 3.8) is 0 Å². The summed E-state index contributed by atoms with van der Waals surface area (Å²) in [5.74, 6) is 2.63. The Morgan fingerprint density at radius 3 is 1.89 bits per heavy atom. The second-order valence-electron chi connectivity index (χ2n) is 5.15.